The standard InChI is InChI=1S/C43H29N3O2S.C36H23N3.K.H2O/c1-28-18-22-31(23-19-28)49(47,48)46-42-17-9-5-13-35(42)37-27-30(21-25-43(37)46)45-40-16-8-4-12-34(40)36-26-29(20-24-41(36)45)44-38-14-6-2-10-32(38)33-11-3-7-15-39(33)44;1-5-13-31-25(9-1)29-21-23(17-19-32(29)37-31)39-35-16-8-4-12-28(35)30-22-24(18-20-36(30)39)38-33-14-6-2-10-26(33)27-11-3-7-15-34(27)38;;/h2-27H,1H3;1-22,37H;;1H2/q;;+1;/p-1. The van der Waals surface area contributed by atoms with Crippen molar-refractivity contribution < 1.29 is 65.3 Å². The minimum absolute atomic E-state index is 0. The molecule has 19 aromatic rings. The molecule has 90 heavy (non-hydrogen) atoms. The Morgan fingerprint density at radius 3 is 0.944 bits per heavy atom. The Bertz CT molecular complexity index is 6130. The molecule has 11 heteroatoms. The van der Waals surface area contributed by atoms with Crippen molar-refractivity contribution >= 4 is 141 Å². The predicted octanol–water partition coefficient (Wildman–Crippen LogP) is 16.9. The van der Waals surface area contributed by atoms with Crippen molar-refractivity contribution in [3.63, 3.8) is 0 Å². The Hall–Kier alpha value is -9.79. The van der Waals surface area contributed by atoms with Crippen molar-refractivity contribution in [3.05, 3.63) is 297 Å². The van der Waals surface area contributed by atoms with E-state index in [4.69, 9.17) is 0 Å². The van der Waals surface area contributed by atoms with Gasteiger partial charge in [-0.25, -0.2) is 12.4 Å². The molecule has 0 unspecified atom stereocenters. The zero-order valence-electron chi connectivity index (χ0n) is 49.1. The van der Waals surface area contributed by atoms with Crippen LogP contribution in [0.15, 0.2) is 296 Å². The van der Waals surface area contributed by atoms with E-state index < -0.39 is 10.0 Å². The number of fused-ring (bicyclic) bond motifs is 18. The summed E-state index contributed by atoms with van der Waals surface area (Å²) in [5.41, 5.74) is 18.5. The van der Waals surface area contributed by atoms with Gasteiger partial charge < -0.3 is 28.7 Å². The SMILES string of the molecule is Cc1ccc(S(=O)(=O)n2c3ccccc3c3cc(-n4c5ccccc5c5cc(-n6c7ccccc7c7ccccc76)ccc54)ccc32)cc1.[K+].[OH-].c1ccc2c(c1)[nH]c1ccc(-n3c4ccccc4c4cc(-n5c6ccccc6c6ccccc65)ccc43)cc12. The monoisotopic (exact) mass is 1200 g/mol. The fraction of sp³-hybridized carbons (Fsp3) is 0.0127. The zero-order chi connectivity index (χ0) is 58.4. The van der Waals surface area contributed by atoms with Gasteiger partial charge in [0.05, 0.1) is 60.1 Å². The van der Waals surface area contributed by atoms with Crippen LogP contribution in [-0.4, -0.2) is 41.1 Å². The molecule has 0 radical (unpaired) electrons. The molecule has 2 N–H and O–H groups in total. The van der Waals surface area contributed by atoms with Gasteiger partial charge in [-0.1, -0.05) is 163 Å². The average Bonchev–Trinajstić information content (AvgIpc) is 1.59. The van der Waals surface area contributed by atoms with Gasteiger partial charge in [0.2, 0.25) is 0 Å². The summed E-state index contributed by atoms with van der Waals surface area (Å²) in [5.74, 6) is 0. The summed E-state index contributed by atoms with van der Waals surface area (Å²) in [6.07, 6.45) is 0. The summed E-state index contributed by atoms with van der Waals surface area (Å²) in [4.78, 5) is 3.83. The first-order valence-electron chi connectivity index (χ1n) is 29.7. The number of aromatic nitrogens is 6. The van der Waals surface area contributed by atoms with E-state index in [1.807, 2.05) is 55.5 Å². The summed E-state index contributed by atoms with van der Waals surface area (Å²) in [7, 11) is -3.85. The van der Waals surface area contributed by atoms with Crippen LogP contribution in [0, 0.1) is 6.92 Å². The van der Waals surface area contributed by atoms with Gasteiger partial charge in [-0.05, 0) is 140 Å². The first kappa shape index (κ1) is 55.5. The molecular weight excluding hydrogens is 1150 g/mol. The van der Waals surface area contributed by atoms with Crippen LogP contribution in [0.3, 0.4) is 0 Å². The van der Waals surface area contributed by atoms with Crippen LogP contribution in [0.4, 0.5) is 0 Å². The third-order valence-electron chi connectivity index (χ3n) is 18.2. The summed E-state index contributed by atoms with van der Waals surface area (Å²) in [5, 5.41) is 14.1. The molecule has 0 aliphatic carbocycles. The minimum atomic E-state index is -3.85. The average molecular weight is 1210 g/mol. The van der Waals surface area contributed by atoms with Crippen molar-refractivity contribution in [1.29, 1.82) is 0 Å². The molecule has 0 aliphatic rings. The van der Waals surface area contributed by atoms with Crippen LogP contribution in [0.2, 0.25) is 0 Å². The van der Waals surface area contributed by atoms with Gasteiger partial charge in [0.1, 0.15) is 0 Å². The second-order valence-electron chi connectivity index (χ2n) is 23.0. The minimum Gasteiger partial charge on any atom is -0.870 e. The molecule has 0 spiro atoms. The maximum absolute atomic E-state index is 14.1. The molecule has 0 atom stereocenters. The van der Waals surface area contributed by atoms with E-state index in [0.717, 1.165) is 55.0 Å². The topological polar surface area (TPSA) is 105 Å². The van der Waals surface area contributed by atoms with Crippen LogP contribution in [-0.2, 0) is 10.0 Å². The number of H-pyrrole nitrogens is 1. The Kier molecular flexibility index (Phi) is 13.2. The summed E-state index contributed by atoms with van der Waals surface area (Å²) in [6.45, 7) is 1.96. The Morgan fingerprint density at radius 2 is 0.533 bits per heavy atom. The van der Waals surface area contributed by atoms with Crippen LogP contribution >= 0.6 is 0 Å². The van der Waals surface area contributed by atoms with Crippen LogP contribution in [0.5, 0.6) is 0 Å². The third kappa shape index (κ3) is 8.36. The van der Waals surface area contributed by atoms with Crippen molar-refractivity contribution in [2.45, 2.75) is 11.8 Å². The maximum atomic E-state index is 14.1. The van der Waals surface area contributed by atoms with Crippen LogP contribution < -0.4 is 51.4 Å². The number of nitrogens with one attached hydrogen (secondary N) is 1. The maximum Gasteiger partial charge on any atom is 1.00 e. The number of aromatic amines is 1. The number of para-hydroxylation sites is 8. The van der Waals surface area contributed by atoms with Crippen molar-refractivity contribution in [1.82, 2.24) is 27.2 Å². The molecule has 424 valence electrons. The summed E-state index contributed by atoms with van der Waals surface area (Å²) >= 11 is 0. The van der Waals surface area contributed by atoms with Crippen LogP contribution in [0.1, 0.15) is 5.56 Å². The van der Waals surface area contributed by atoms with Gasteiger partial charge in [0, 0.05) is 98.4 Å². The van der Waals surface area contributed by atoms with E-state index in [1.54, 1.807) is 12.1 Å². The number of benzene rings is 13. The Morgan fingerprint density at radius 1 is 0.267 bits per heavy atom. The second kappa shape index (κ2) is 21.5. The molecule has 6 heterocycles. The number of hydrogen-bond acceptors (Lipinski definition) is 3. The van der Waals surface area contributed by atoms with E-state index in [0.29, 0.717) is 11.0 Å². The molecule has 0 saturated carbocycles. The zero-order valence-corrected chi connectivity index (χ0v) is 53.1. The summed E-state index contributed by atoms with van der Waals surface area (Å²) < 4.78 is 39.2. The van der Waals surface area contributed by atoms with Gasteiger partial charge in [-0.3, -0.25) is 0 Å². The first-order chi connectivity index (χ1) is 43.3. The van der Waals surface area contributed by atoms with E-state index in [1.165, 1.54) is 97.1 Å². The fourth-order valence-corrected chi connectivity index (χ4v) is 15.8. The molecule has 0 bridgehead atoms. The first-order valence-corrected chi connectivity index (χ1v) is 31.2. The van der Waals surface area contributed by atoms with Crippen LogP contribution in [0.25, 0.3) is 154 Å². The molecule has 0 fully saturated rings. The second-order valence-corrected chi connectivity index (χ2v) is 24.8. The van der Waals surface area contributed by atoms with Crippen molar-refractivity contribution in [3.8, 4) is 22.7 Å². The number of nitrogens with zero attached hydrogens (tertiary/aromatic N) is 5. The van der Waals surface area contributed by atoms with Crippen molar-refractivity contribution in [2.24, 2.45) is 0 Å². The predicted molar refractivity (Wildman–Crippen MR) is 368 cm³/mol. The van der Waals surface area contributed by atoms with E-state index in [2.05, 4.69) is 254 Å². The molecule has 0 saturated heterocycles. The van der Waals surface area contributed by atoms with Gasteiger partial charge >= 0.3 is 51.4 Å². The molecule has 0 amide bonds. The number of aryl methyl sites for hydroxylation is 1. The molecule has 19 rings (SSSR count). The van der Waals surface area contributed by atoms with Crippen molar-refractivity contribution in [2.75, 3.05) is 0 Å². The third-order valence-corrected chi connectivity index (χ3v) is 19.9. The molecule has 6 aromatic heterocycles. The van der Waals surface area contributed by atoms with E-state index >= 15 is 0 Å². The molecule has 13 aromatic carbocycles. The smallest absolute Gasteiger partial charge is 0.870 e. The number of hydrogen-bond donors (Lipinski definition) is 1. The number of rotatable bonds is 6. The van der Waals surface area contributed by atoms with E-state index in [9.17, 15) is 8.42 Å². The quantitative estimate of drug-likeness (QED) is 0.168. The normalized spacial score (nSPS) is 12.0. The van der Waals surface area contributed by atoms with Gasteiger partial charge in [0.25, 0.3) is 10.0 Å². The van der Waals surface area contributed by atoms with Gasteiger partial charge in [-0.15, -0.1) is 0 Å². The Balaban J connectivity index is 0.000000144. The fourth-order valence-electron chi connectivity index (χ4n) is 14.3. The Labute approximate surface area is 559 Å². The molecular formula is C79H53KN6O3S. The van der Waals surface area contributed by atoms with Gasteiger partial charge in [0.15, 0.2) is 0 Å². The van der Waals surface area contributed by atoms with Gasteiger partial charge in [-0.2, -0.15) is 0 Å². The molecule has 0 aliphatic heterocycles. The van der Waals surface area contributed by atoms with E-state index in [-0.39, 0.29) is 61.8 Å². The largest absolute Gasteiger partial charge is 1.00 e. The molecule has 9 nitrogen and oxygen atoms in total. The summed E-state index contributed by atoms with van der Waals surface area (Å²) in [6, 6.07) is 102.